The summed E-state index contributed by atoms with van der Waals surface area (Å²) in [6.07, 6.45) is 4.81. The van der Waals surface area contributed by atoms with Gasteiger partial charge in [-0.2, -0.15) is 10.5 Å². The largest absolute Gasteiger partial charge is 0.396 e. The number of nitrogens with two attached hydrogens (primary N) is 1. The Hall–Kier alpha value is -4.03. The molecule has 0 spiro atoms. The molecule has 0 amide bonds. The van der Waals surface area contributed by atoms with Crippen molar-refractivity contribution in [1.82, 2.24) is 9.97 Å². The van der Waals surface area contributed by atoms with Gasteiger partial charge >= 0.3 is 0 Å². The van der Waals surface area contributed by atoms with Crippen molar-refractivity contribution in [2.45, 2.75) is 4.21 Å². The zero-order valence-corrected chi connectivity index (χ0v) is 20.0. The van der Waals surface area contributed by atoms with Crippen LogP contribution in [0.25, 0.3) is 0 Å². The fourth-order valence-electron chi connectivity index (χ4n) is 3.09. The Morgan fingerprint density at radius 2 is 1.53 bits per heavy atom. The number of thioether (sulfide) groups is 1. The van der Waals surface area contributed by atoms with Crippen molar-refractivity contribution in [3.63, 3.8) is 0 Å². The molecule has 0 aromatic carbocycles. The van der Waals surface area contributed by atoms with Crippen molar-refractivity contribution < 1.29 is 9.59 Å². The first-order chi connectivity index (χ1) is 16.5. The zero-order chi connectivity index (χ0) is 24.2. The number of nitriles is 2. The molecule has 0 radical (unpaired) electrons. The highest BCUT2D eigenvalue weighted by molar-refractivity contribution is 8.00. The lowest BCUT2D eigenvalue weighted by Crippen LogP contribution is -2.05. The van der Waals surface area contributed by atoms with Crippen molar-refractivity contribution in [2.24, 2.45) is 0 Å². The van der Waals surface area contributed by atoms with E-state index in [4.69, 9.17) is 5.73 Å². The summed E-state index contributed by atoms with van der Waals surface area (Å²) in [5.74, 6) is -0.786. The Morgan fingerprint density at radius 3 is 2.03 bits per heavy atom. The number of rotatable bonds is 7. The maximum atomic E-state index is 13.2. The maximum Gasteiger partial charge on any atom is 0.223 e. The second-order valence-corrected chi connectivity index (χ2v) is 9.77. The maximum absolute atomic E-state index is 13.2. The Labute approximate surface area is 206 Å². The number of pyridine rings is 2. The number of aromatic nitrogens is 2. The van der Waals surface area contributed by atoms with Gasteiger partial charge in [0.1, 0.15) is 49.4 Å². The Bertz CT molecular complexity index is 1480. The first kappa shape index (κ1) is 23.1. The molecule has 0 fully saturated rings. The van der Waals surface area contributed by atoms with E-state index in [2.05, 4.69) is 21.4 Å². The van der Waals surface area contributed by atoms with Crippen LogP contribution < -0.4 is 11.1 Å². The minimum Gasteiger partial charge on any atom is -0.396 e. The molecule has 0 saturated carbocycles. The Balaban J connectivity index is 1.82. The molecule has 0 aliphatic carbocycles. The predicted octanol–water partition coefficient (Wildman–Crippen LogP) is 4.85. The summed E-state index contributed by atoms with van der Waals surface area (Å²) >= 11 is 3.47. The number of hydrogen-bond donors (Lipinski definition) is 2. The highest BCUT2D eigenvalue weighted by atomic mass is 32.2. The third-order valence-corrected chi connectivity index (χ3v) is 8.10. The fourth-order valence-corrected chi connectivity index (χ4v) is 5.93. The van der Waals surface area contributed by atoms with Gasteiger partial charge in [-0.05, 0) is 30.5 Å². The molecular weight excluding hydrogens is 488 g/mol. The SMILES string of the molecule is CSc1sc(C(=O)c2ccccn2)c(Nc2sc(C(=O)c3ccccn3)c(N)c2C#N)c1C#N. The molecule has 34 heavy (non-hydrogen) atoms. The van der Waals surface area contributed by atoms with E-state index < -0.39 is 5.78 Å². The number of nitrogens with zero attached hydrogens (tertiary/aromatic N) is 4. The molecule has 0 unspecified atom stereocenters. The molecule has 3 N–H and O–H groups in total. The van der Waals surface area contributed by atoms with E-state index in [1.54, 1.807) is 42.7 Å². The zero-order valence-electron chi connectivity index (χ0n) is 17.5. The predicted molar refractivity (Wildman–Crippen MR) is 133 cm³/mol. The topological polar surface area (TPSA) is 146 Å². The van der Waals surface area contributed by atoms with Crippen molar-refractivity contribution in [1.29, 1.82) is 10.5 Å². The standard InChI is InChI=1S/C23H14N6O2S3/c1-32-23-13(11-25)17(21(34-23)19(31)15-7-3-5-9-28-15)29-22-12(10-24)16(26)20(33-22)18(30)14-6-2-4-8-27-14/h2-9,29H,26H2,1H3. The van der Waals surface area contributed by atoms with Gasteiger partial charge in [0.15, 0.2) is 0 Å². The van der Waals surface area contributed by atoms with Gasteiger partial charge in [-0.1, -0.05) is 12.1 Å². The van der Waals surface area contributed by atoms with Gasteiger partial charge in [0, 0.05) is 12.4 Å². The van der Waals surface area contributed by atoms with E-state index in [9.17, 15) is 20.1 Å². The van der Waals surface area contributed by atoms with Crippen molar-refractivity contribution in [3.05, 3.63) is 81.1 Å². The lowest BCUT2D eigenvalue weighted by molar-refractivity contribution is 0.103. The van der Waals surface area contributed by atoms with Gasteiger partial charge in [0.05, 0.1) is 15.6 Å². The molecule has 11 heteroatoms. The number of hydrogen-bond acceptors (Lipinski definition) is 11. The highest BCUT2D eigenvalue weighted by Gasteiger charge is 2.28. The van der Waals surface area contributed by atoms with Crippen LogP contribution in [0.3, 0.4) is 0 Å². The van der Waals surface area contributed by atoms with E-state index in [0.29, 0.717) is 4.21 Å². The van der Waals surface area contributed by atoms with Crippen LogP contribution in [0, 0.1) is 22.7 Å². The summed E-state index contributed by atoms with van der Waals surface area (Å²) in [7, 11) is 0. The molecule has 0 aliphatic rings. The second-order valence-electron chi connectivity index (χ2n) is 6.66. The quantitative estimate of drug-likeness (QED) is 0.267. The first-order valence-corrected chi connectivity index (χ1v) is 12.5. The van der Waals surface area contributed by atoms with Crippen LogP contribution in [0.5, 0.6) is 0 Å². The average molecular weight is 503 g/mol. The van der Waals surface area contributed by atoms with Crippen molar-refractivity contribution >= 4 is 62.4 Å². The Kier molecular flexibility index (Phi) is 6.70. The van der Waals surface area contributed by atoms with Crippen LogP contribution in [0.1, 0.15) is 41.9 Å². The van der Waals surface area contributed by atoms with E-state index in [0.717, 1.165) is 22.7 Å². The summed E-state index contributed by atoms with van der Waals surface area (Å²) in [5.41, 5.74) is 7.16. The van der Waals surface area contributed by atoms with Gasteiger partial charge in [-0.25, -0.2) is 0 Å². The number of thiophene rings is 2. The molecule has 4 aromatic heterocycles. The van der Waals surface area contributed by atoms with E-state index >= 15 is 0 Å². The molecule has 4 heterocycles. The van der Waals surface area contributed by atoms with Crippen LogP contribution in [-0.4, -0.2) is 27.8 Å². The number of nitrogens with one attached hydrogen (secondary N) is 1. The average Bonchev–Trinajstić information content (AvgIpc) is 3.40. The summed E-state index contributed by atoms with van der Waals surface area (Å²) in [6.45, 7) is 0. The number of carbonyl (C=O) groups excluding carboxylic acids is 2. The smallest absolute Gasteiger partial charge is 0.223 e. The minimum absolute atomic E-state index is 0.0158. The summed E-state index contributed by atoms with van der Waals surface area (Å²) in [5, 5.41) is 22.9. The van der Waals surface area contributed by atoms with Crippen LogP contribution >= 0.6 is 34.4 Å². The van der Waals surface area contributed by atoms with Crippen LogP contribution in [0.2, 0.25) is 0 Å². The Morgan fingerprint density at radius 1 is 0.941 bits per heavy atom. The summed E-state index contributed by atoms with van der Waals surface area (Å²) in [6, 6.07) is 14.1. The number of ketones is 2. The minimum atomic E-state index is -0.423. The van der Waals surface area contributed by atoms with Crippen LogP contribution in [-0.2, 0) is 0 Å². The molecule has 8 nitrogen and oxygen atoms in total. The second kappa shape index (κ2) is 9.85. The van der Waals surface area contributed by atoms with Crippen LogP contribution in [0.15, 0.2) is 53.0 Å². The summed E-state index contributed by atoms with van der Waals surface area (Å²) < 4.78 is 0.636. The van der Waals surface area contributed by atoms with Crippen LogP contribution in [0.4, 0.5) is 16.4 Å². The molecular formula is C23H14N6O2S3. The number of nitrogen functional groups attached to an aromatic ring is 1. The van der Waals surface area contributed by atoms with Crippen molar-refractivity contribution in [3.8, 4) is 12.1 Å². The van der Waals surface area contributed by atoms with Gasteiger partial charge in [0.25, 0.3) is 0 Å². The lowest BCUT2D eigenvalue weighted by atomic mass is 10.1. The van der Waals surface area contributed by atoms with Gasteiger partial charge in [-0.15, -0.1) is 34.4 Å². The normalized spacial score (nSPS) is 10.3. The molecule has 0 atom stereocenters. The molecule has 166 valence electrons. The van der Waals surface area contributed by atoms with Gasteiger partial charge < -0.3 is 11.1 Å². The van der Waals surface area contributed by atoms with Crippen molar-refractivity contribution in [2.75, 3.05) is 17.3 Å². The molecule has 0 saturated heterocycles. The molecule has 0 aliphatic heterocycles. The van der Waals surface area contributed by atoms with E-state index in [-0.39, 0.29) is 54.4 Å². The molecule has 4 rings (SSSR count). The van der Waals surface area contributed by atoms with Gasteiger partial charge in [-0.3, -0.25) is 19.6 Å². The lowest BCUT2D eigenvalue weighted by Gasteiger charge is -2.06. The van der Waals surface area contributed by atoms with Gasteiger partial charge in [0.2, 0.25) is 11.6 Å². The number of anilines is 3. The van der Waals surface area contributed by atoms with E-state index in [1.165, 1.54) is 24.2 Å². The van der Waals surface area contributed by atoms with E-state index in [1.807, 2.05) is 6.07 Å². The third kappa shape index (κ3) is 4.16. The third-order valence-electron chi connectivity index (χ3n) is 4.68. The fraction of sp³-hybridized carbons (Fsp3) is 0.0435. The highest BCUT2D eigenvalue weighted by Crippen LogP contribution is 2.44. The monoisotopic (exact) mass is 502 g/mol. The molecule has 4 aromatic rings. The first-order valence-electron chi connectivity index (χ1n) is 9.61. The number of carbonyl (C=O) groups is 2. The summed E-state index contributed by atoms with van der Waals surface area (Å²) in [4.78, 5) is 34.8. The molecule has 0 bridgehead atoms.